The molecule has 1 saturated heterocycles. The summed E-state index contributed by atoms with van der Waals surface area (Å²) in [6.07, 6.45) is 5.61. The van der Waals surface area contributed by atoms with Crippen molar-refractivity contribution in [2.45, 2.75) is 45.7 Å². The first-order valence-electron chi connectivity index (χ1n) is 7.66. The van der Waals surface area contributed by atoms with Crippen LogP contribution in [0.2, 0.25) is 0 Å². The van der Waals surface area contributed by atoms with E-state index >= 15 is 0 Å². The molecule has 0 saturated carbocycles. The van der Waals surface area contributed by atoms with Gasteiger partial charge in [0.15, 0.2) is 0 Å². The van der Waals surface area contributed by atoms with Gasteiger partial charge < -0.3 is 5.32 Å². The fraction of sp³-hybridized carbons (Fsp3) is 0.688. The van der Waals surface area contributed by atoms with Gasteiger partial charge in [0.1, 0.15) is 5.82 Å². The number of nitrogens with zero attached hydrogens (tertiary/aromatic N) is 2. The second-order valence-corrected chi connectivity index (χ2v) is 6.12. The molecule has 0 amide bonds. The summed E-state index contributed by atoms with van der Waals surface area (Å²) in [4.78, 5) is 6.50. The van der Waals surface area contributed by atoms with Crippen LogP contribution in [0.4, 0.5) is 4.39 Å². The van der Waals surface area contributed by atoms with Crippen molar-refractivity contribution < 1.29 is 4.39 Å². The van der Waals surface area contributed by atoms with Gasteiger partial charge in [0.05, 0.1) is 6.20 Å². The Bertz CT molecular complexity index is 416. The Hall–Kier alpha value is -1.00. The molecular formula is C16H26FN3. The van der Waals surface area contributed by atoms with E-state index in [-0.39, 0.29) is 11.9 Å². The predicted molar refractivity (Wildman–Crippen MR) is 80.0 cm³/mol. The summed E-state index contributed by atoms with van der Waals surface area (Å²) in [5.74, 6) is 0.356. The van der Waals surface area contributed by atoms with E-state index in [1.165, 1.54) is 32.1 Å². The van der Waals surface area contributed by atoms with E-state index in [2.05, 4.69) is 36.0 Å². The Kier molecular flexibility index (Phi) is 5.49. The average Bonchev–Trinajstić information content (AvgIpc) is 2.92. The van der Waals surface area contributed by atoms with Crippen molar-refractivity contribution in [3.63, 3.8) is 0 Å². The Morgan fingerprint density at radius 3 is 2.55 bits per heavy atom. The lowest BCUT2D eigenvalue weighted by Gasteiger charge is -2.32. The molecule has 1 aromatic rings. The van der Waals surface area contributed by atoms with Crippen molar-refractivity contribution >= 4 is 0 Å². The fourth-order valence-corrected chi connectivity index (χ4v) is 2.94. The molecule has 1 N–H and O–H groups in total. The molecular weight excluding hydrogens is 253 g/mol. The molecule has 0 bridgehead atoms. The van der Waals surface area contributed by atoms with Crippen LogP contribution in [0, 0.1) is 11.7 Å². The number of hydrogen-bond donors (Lipinski definition) is 1. The van der Waals surface area contributed by atoms with Crippen molar-refractivity contribution in [3.8, 4) is 0 Å². The number of hydrogen-bond acceptors (Lipinski definition) is 3. The maximum atomic E-state index is 13.2. The van der Waals surface area contributed by atoms with Crippen molar-refractivity contribution in [2.75, 3.05) is 19.6 Å². The van der Waals surface area contributed by atoms with Gasteiger partial charge in [0.25, 0.3) is 0 Å². The van der Waals surface area contributed by atoms with Crippen molar-refractivity contribution in [2.24, 2.45) is 5.92 Å². The quantitative estimate of drug-likeness (QED) is 0.867. The minimum absolute atomic E-state index is 0.127. The lowest BCUT2D eigenvalue weighted by molar-refractivity contribution is 0.183. The second-order valence-electron chi connectivity index (χ2n) is 6.12. The first-order chi connectivity index (χ1) is 9.58. The van der Waals surface area contributed by atoms with Crippen LogP contribution in [0.15, 0.2) is 18.5 Å². The van der Waals surface area contributed by atoms with Crippen LogP contribution >= 0.6 is 0 Å². The fourth-order valence-electron chi connectivity index (χ4n) is 2.94. The van der Waals surface area contributed by atoms with E-state index in [1.807, 2.05) is 0 Å². The van der Waals surface area contributed by atoms with Gasteiger partial charge in [-0.05, 0) is 50.4 Å². The molecule has 112 valence electrons. The molecule has 1 fully saturated rings. The van der Waals surface area contributed by atoms with Crippen LogP contribution in [0.1, 0.15) is 45.2 Å². The predicted octanol–water partition coefficient (Wildman–Crippen LogP) is 2.99. The van der Waals surface area contributed by atoms with E-state index in [1.54, 1.807) is 12.3 Å². The molecule has 4 heteroatoms. The smallest absolute Gasteiger partial charge is 0.141 e. The molecule has 3 nitrogen and oxygen atoms in total. The van der Waals surface area contributed by atoms with Gasteiger partial charge in [-0.15, -0.1) is 0 Å². The van der Waals surface area contributed by atoms with Gasteiger partial charge in [0, 0.05) is 24.8 Å². The third-order valence-electron chi connectivity index (χ3n) is 4.24. The Morgan fingerprint density at radius 1 is 1.25 bits per heavy atom. The minimum atomic E-state index is -0.267. The van der Waals surface area contributed by atoms with Crippen LogP contribution in [0.5, 0.6) is 0 Å². The van der Waals surface area contributed by atoms with Crippen LogP contribution in [-0.2, 0) is 0 Å². The van der Waals surface area contributed by atoms with Gasteiger partial charge in [-0.25, -0.2) is 4.39 Å². The van der Waals surface area contributed by atoms with Crippen LogP contribution in [-0.4, -0.2) is 35.6 Å². The average molecular weight is 279 g/mol. The standard InChI is InChI=1S/C16H26FN3/c1-12(2)16(20-6-4-5-7-20)11-19-13(3)14-8-15(17)10-18-9-14/h8-10,12-13,16,19H,4-7,11H2,1-3H3. The van der Waals surface area contributed by atoms with Gasteiger partial charge in [-0.1, -0.05) is 13.8 Å². The summed E-state index contributed by atoms with van der Waals surface area (Å²) >= 11 is 0. The summed E-state index contributed by atoms with van der Waals surface area (Å²) in [5.41, 5.74) is 0.911. The van der Waals surface area contributed by atoms with Gasteiger partial charge >= 0.3 is 0 Å². The van der Waals surface area contributed by atoms with Crippen molar-refractivity contribution in [3.05, 3.63) is 29.8 Å². The zero-order valence-electron chi connectivity index (χ0n) is 12.8. The first-order valence-corrected chi connectivity index (χ1v) is 7.66. The zero-order valence-corrected chi connectivity index (χ0v) is 12.8. The number of pyridine rings is 1. The summed E-state index contributed by atoms with van der Waals surface area (Å²) in [5, 5.41) is 3.54. The van der Waals surface area contributed by atoms with Crippen LogP contribution < -0.4 is 5.32 Å². The first kappa shape index (κ1) is 15.4. The number of nitrogens with one attached hydrogen (secondary N) is 1. The number of aromatic nitrogens is 1. The van der Waals surface area contributed by atoms with Crippen molar-refractivity contribution in [1.82, 2.24) is 15.2 Å². The highest BCUT2D eigenvalue weighted by Gasteiger charge is 2.24. The molecule has 2 rings (SSSR count). The van der Waals surface area contributed by atoms with Gasteiger partial charge in [-0.3, -0.25) is 9.88 Å². The molecule has 0 aromatic carbocycles. The molecule has 2 heterocycles. The third-order valence-corrected chi connectivity index (χ3v) is 4.24. The van der Waals surface area contributed by atoms with E-state index in [4.69, 9.17) is 0 Å². The summed E-state index contributed by atoms with van der Waals surface area (Å²) in [6, 6.07) is 2.24. The third kappa shape index (κ3) is 4.00. The molecule has 1 aliphatic rings. The van der Waals surface area contributed by atoms with Crippen LogP contribution in [0.3, 0.4) is 0 Å². The highest BCUT2D eigenvalue weighted by atomic mass is 19.1. The topological polar surface area (TPSA) is 28.2 Å². The largest absolute Gasteiger partial charge is 0.309 e. The summed E-state index contributed by atoms with van der Waals surface area (Å²) in [6.45, 7) is 9.98. The van der Waals surface area contributed by atoms with Gasteiger partial charge in [0.2, 0.25) is 0 Å². The number of rotatable bonds is 6. The Balaban J connectivity index is 1.91. The monoisotopic (exact) mass is 279 g/mol. The molecule has 2 atom stereocenters. The molecule has 1 aromatic heterocycles. The maximum Gasteiger partial charge on any atom is 0.141 e. The van der Waals surface area contributed by atoms with E-state index in [0.29, 0.717) is 12.0 Å². The van der Waals surface area contributed by atoms with E-state index < -0.39 is 0 Å². The molecule has 0 spiro atoms. The molecule has 1 aliphatic heterocycles. The zero-order chi connectivity index (χ0) is 14.5. The van der Waals surface area contributed by atoms with Crippen molar-refractivity contribution in [1.29, 1.82) is 0 Å². The summed E-state index contributed by atoms with van der Waals surface area (Å²) < 4.78 is 13.2. The highest BCUT2D eigenvalue weighted by molar-refractivity contribution is 5.14. The van der Waals surface area contributed by atoms with Crippen LogP contribution in [0.25, 0.3) is 0 Å². The Morgan fingerprint density at radius 2 is 1.95 bits per heavy atom. The molecule has 2 unspecified atom stereocenters. The molecule has 0 radical (unpaired) electrons. The number of halogens is 1. The summed E-state index contributed by atoms with van der Waals surface area (Å²) in [7, 11) is 0. The minimum Gasteiger partial charge on any atom is -0.309 e. The SMILES string of the molecule is CC(NCC(C(C)C)N1CCCC1)c1cncc(F)c1. The maximum absolute atomic E-state index is 13.2. The normalized spacial score (nSPS) is 19.4. The lowest BCUT2D eigenvalue weighted by atomic mass is 10.0. The van der Waals surface area contributed by atoms with E-state index in [9.17, 15) is 4.39 Å². The molecule has 0 aliphatic carbocycles. The Labute approximate surface area is 121 Å². The molecule has 20 heavy (non-hydrogen) atoms. The van der Waals surface area contributed by atoms with E-state index in [0.717, 1.165) is 12.1 Å². The van der Waals surface area contributed by atoms with Gasteiger partial charge in [-0.2, -0.15) is 0 Å². The lowest BCUT2D eigenvalue weighted by Crippen LogP contribution is -2.44. The number of likely N-dealkylation sites (tertiary alicyclic amines) is 1. The highest BCUT2D eigenvalue weighted by Crippen LogP contribution is 2.19. The second kappa shape index (κ2) is 7.14.